The van der Waals surface area contributed by atoms with Gasteiger partial charge in [0.05, 0.1) is 28.5 Å². The van der Waals surface area contributed by atoms with Crippen LogP contribution in [0.3, 0.4) is 0 Å². The van der Waals surface area contributed by atoms with Crippen molar-refractivity contribution in [2.24, 2.45) is 4.99 Å². The first-order chi connectivity index (χ1) is 13.0. The first-order valence-corrected chi connectivity index (χ1v) is 10.1. The van der Waals surface area contributed by atoms with Crippen molar-refractivity contribution in [3.63, 3.8) is 0 Å². The Kier molecular flexibility index (Phi) is 6.77. The molecule has 0 N–H and O–H groups in total. The molecule has 0 atom stereocenters. The van der Waals surface area contributed by atoms with Crippen molar-refractivity contribution in [3.8, 4) is 0 Å². The smallest absolute Gasteiger partial charge is 0.338 e. The van der Waals surface area contributed by atoms with E-state index in [0.29, 0.717) is 28.6 Å². The fourth-order valence-electron chi connectivity index (χ4n) is 2.15. The third-order valence-corrected chi connectivity index (χ3v) is 5.52. The zero-order valence-corrected chi connectivity index (χ0v) is 17.5. The second-order valence-electron chi connectivity index (χ2n) is 5.37. The number of hydrogen-bond donors (Lipinski definition) is 0. The van der Waals surface area contributed by atoms with Crippen LogP contribution in [0.4, 0.5) is 5.69 Å². The van der Waals surface area contributed by atoms with E-state index in [4.69, 9.17) is 20.8 Å². The molecule has 0 saturated heterocycles. The van der Waals surface area contributed by atoms with Gasteiger partial charge in [-0.15, -0.1) is 0 Å². The van der Waals surface area contributed by atoms with Gasteiger partial charge in [-0.1, -0.05) is 23.4 Å². The van der Waals surface area contributed by atoms with E-state index in [-0.39, 0.29) is 5.97 Å². The average molecular weight is 465 g/mol. The Bertz CT molecular complexity index is 952. The zero-order chi connectivity index (χ0) is 19.2. The number of ether oxygens (including phenoxy) is 1. The topological polar surface area (TPSA) is 51.8 Å². The Hall–Kier alpha value is -2.02. The highest BCUT2D eigenvalue weighted by molar-refractivity contribution is 9.10. The van der Waals surface area contributed by atoms with Crippen molar-refractivity contribution < 1.29 is 13.9 Å². The lowest BCUT2D eigenvalue weighted by Crippen LogP contribution is -2.03. The summed E-state index contributed by atoms with van der Waals surface area (Å²) >= 11 is 10.9. The highest BCUT2D eigenvalue weighted by Crippen LogP contribution is 2.36. The van der Waals surface area contributed by atoms with Crippen molar-refractivity contribution in [1.29, 1.82) is 0 Å². The fourth-order valence-corrected chi connectivity index (χ4v) is 3.60. The number of hydrogen-bond acceptors (Lipinski definition) is 5. The van der Waals surface area contributed by atoms with Crippen molar-refractivity contribution in [2.75, 3.05) is 6.61 Å². The summed E-state index contributed by atoms with van der Waals surface area (Å²) in [6.07, 6.45) is 1.63. The van der Waals surface area contributed by atoms with Gasteiger partial charge in [-0.25, -0.2) is 4.79 Å². The quantitative estimate of drug-likeness (QED) is 0.298. The van der Waals surface area contributed by atoms with Crippen LogP contribution in [-0.2, 0) is 4.74 Å². The van der Waals surface area contributed by atoms with Crippen LogP contribution in [0, 0.1) is 0 Å². The second kappa shape index (κ2) is 9.26. The van der Waals surface area contributed by atoms with E-state index in [2.05, 4.69) is 20.9 Å². The highest BCUT2D eigenvalue weighted by Gasteiger charge is 2.10. The average Bonchev–Trinajstić information content (AvgIpc) is 3.02. The first kappa shape index (κ1) is 19.7. The largest absolute Gasteiger partial charge is 0.462 e. The first-order valence-electron chi connectivity index (χ1n) is 8.09. The molecule has 138 valence electrons. The minimum Gasteiger partial charge on any atom is -0.462 e. The molecule has 0 spiro atoms. The lowest BCUT2D eigenvalue weighted by atomic mass is 10.2. The minimum atomic E-state index is -0.341. The van der Waals surface area contributed by atoms with Gasteiger partial charge in [0.1, 0.15) is 5.76 Å². The summed E-state index contributed by atoms with van der Waals surface area (Å²) in [4.78, 5) is 17.1. The molecule has 0 unspecified atom stereocenters. The number of aliphatic imine (C=N–C) groups is 1. The standard InChI is InChI=1S/C20H15BrClNO3S/c1-2-25-19(24)13-3-7-15(8-4-13)23-12-16-11-18(21)20(26-16)27-17-9-5-14(22)6-10-17/h3-12H,2H2,1H3. The van der Waals surface area contributed by atoms with E-state index in [1.165, 1.54) is 11.8 Å². The number of carbonyl (C=O) groups excluding carboxylic acids is 1. The third kappa shape index (κ3) is 5.48. The van der Waals surface area contributed by atoms with Gasteiger partial charge in [-0.3, -0.25) is 4.99 Å². The van der Waals surface area contributed by atoms with Crippen molar-refractivity contribution in [3.05, 3.63) is 75.4 Å². The fraction of sp³-hybridized carbons (Fsp3) is 0.100. The predicted molar refractivity (Wildman–Crippen MR) is 112 cm³/mol. The van der Waals surface area contributed by atoms with E-state index in [1.54, 1.807) is 37.4 Å². The second-order valence-corrected chi connectivity index (χ2v) is 7.70. The van der Waals surface area contributed by atoms with E-state index in [9.17, 15) is 4.79 Å². The molecular weight excluding hydrogens is 450 g/mol. The summed E-state index contributed by atoms with van der Waals surface area (Å²) < 4.78 is 11.6. The molecule has 1 heterocycles. The number of nitrogens with zero attached hydrogens (tertiary/aromatic N) is 1. The number of rotatable bonds is 6. The normalized spacial score (nSPS) is 11.1. The van der Waals surface area contributed by atoms with E-state index >= 15 is 0 Å². The van der Waals surface area contributed by atoms with Crippen LogP contribution in [-0.4, -0.2) is 18.8 Å². The molecular formula is C20H15BrClNO3S. The van der Waals surface area contributed by atoms with E-state index in [0.717, 1.165) is 14.5 Å². The maximum atomic E-state index is 11.7. The van der Waals surface area contributed by atoms with Crippen LogP contribution in [0.5, 0.6) is 0 Å². The van der Waals surface area contributed by atoms with Gasteiger partial charge in [0.2, 0.25) is 0 Å². The SMILES string of the molecule is CCOC(=O)c1ccc(N=Cc2cc(Br)c(Sc3ccc(Cl)cc3)o2)cc1. The molecule has 1 aromatic heterocycles. The summed E-state index contributed by atoms with van der Waals surface area (Å²) in [5, 5.41) is 1.43. The number of carbonyl (C=O) groups is 1. The Morgan fingerprint density at radius 3 is 2.59 bits per heavy atom. The monoisotopic (exact) mass is 463 g/mol. The van der Waals surface area contributed by atoms with Gasteiger partial charge in [0.15, 0.2) is 5.09 Å². The van der Waals surface area contributed by atoms with Crippen molar-refractivity contribution >= 4 is 57.2 Å². The molecule has 0 radical (unpaired) electrons. The van der Waals surface area contributed by atoms with Crippen LogP contribution in [0.15, 0.2) is 78.5 Å². The molecule has 0 aliphatic heterocycles. The molecule has 4 nitrogen and oxygen atoms in total. The zero-order valence-electron chi connectivity index (χ0n) is 14.3. The minimum absolute atomic E-state index is 0.341. The van der Waals surface area contributed by atoms with Crippen LogP contribution in [0.1, 0.15) is 23.0 Å². The van der Waals surface area contributed by atoms with Gasteiger partial charge in [-0.05, 0) is 71.4 Å². The lowest BCUT2D eigenvalue weighted by Gasteiger charge is -2.01. The third-order valence-electron chi connectivity index (χ3n) is 3.42. The number of furan rings is 1. The Labute approximate surface area is 174 Å². The molecule has 3 rings (SSSR count). The van der Waals surface area contributed by atoms with Crippen LogP contribution in [0.2, 0.25) is 5.02 Å². The maximum absolute atomic E-state index is 11.7. The van der Waals surface area contributed by atoms with Gasteiger partial charge in [0.25, 0.3) is 0 Å². The van der Waals surface area contributed by atoms with E-state index < -0.39 is 0 Å². The van der Waals surface area contributed by atoms with Gasteiger partial charge in [0, 0.05) is 16.0 Å². The predicted octanol–water partition coefficient (Wildman–Crippen LogP) is 6.77. The Morgan fingerprint density at radius 2 is 1.93 bits per heavy atom. The summed E-state index contributed by atoms with van der Waals surface area (Å²) in [6, 6.07) is 16.3. The Balaban J connectivity index is 1.68. The molecule has 7 heteroatoms. The molecule has 3 aromatic rings. The lowest BCUT2D eigenvalue weighted by molar-refractivity contribution is 0.0526. The summed E-state index contributed by atoms with van der Waals surface area (Å²) in [7, 11) is 0. The molecule has 0 aliphatic rings. The summed E-state index contributed by atoms with van der Waals surface area (Å²) in [5.41, 5.74) is 1.21. The molecule has 27 heavy (non-hydrogen) atoms. The van der Waals surface area contributed by atoms with Crippen molar-refractivity contribution in [1.82, 2.24) is 0 Å². The molecule has 0 bridgehead atoms. The molecule has 0 amide bonds. The molecule has 0 saturated carbocycles. The number of halogens is 2. The van der Waals surface area contributed by atoms with Gasteiger partial charge in [-0.2, -0.15) is 0 Å². The van der Waals surface area contributed by atoms with Crippen LogP contribution >= 0.6 is 39.3 Å². The van der Waals surface area contributed by atoms with Crippen LogP contribution < -0.4 is 0 Å². The number of esters is 1. The van der Waals surface area contributed by atoms with E-state index in [1.807, 2.05) is 30.3 Å². The Morgan fingerprint density at radius 1 is 1.22 bits per heavy atom. The summed E-state index contributed by atoms with van der Waals surface area (Å²) in [5.74, 6) is 0.277. The van der Waals surface area contributed by atoms with Crippen molar-refractivity contribution in [2.45, 2.75) is 16.9 Å². The molecule has 2 aromatic carbocycles. The summed E-state index contributed by atoms with van der Waals surface area (Å²) in [6.45, 7) is 2.13. The molecule has 0 aliphatic carbocycles. The van der Waals surface area contributed by atoms with Gasteiger partial charge < -0.3 is 9.15 Å². The highest BCUT2D eigenvalue weighted by atomic mass is 79.9. The maximum Gasteiger partial charge on any atom is 0.338 e. The number of benzene rings is 2. The van der Waals surface area contributed by atoms with Gasteiger partial charge >= 0.3 is 5.97 Å². The molecule has 0 fully saturated rings. The van der Waals surface area contributed by atoms with Crippen LogP contribution in [0.25, 0.3) is 0 Å².